The maximum absolute atomic E-state index is 12.2. The predicted molar refractivity (Wildman–Crippen MR) is 82.4 cm³/mol. The largest absolute Gasteiger partial charge is 0.345 e. The average molecular weight is 346 g/mol. The second-order valence-electron chi connectivity index (χ2n) is 4.50. The van der Waals surface area contributed by atoms with Crippen LogP contribution >= 0.6 is 15.9 Å². The van der Waals surface area contributed by atoms with E-state index in [1.807, 2.05) is 37.5 Å². The van der Waals surface area contributed by atoms with Crippen LogP contribution in [0.2, 0.25) is 0 Å². The normalized spacial score (nSPS) is 10.6. The molecule has 0 fully saturated rings. The van der Waals surface area contributed by atoms with Crippen molar-refractivity contribution in [3.8, 4) is 5.69 Å². The maximum atomic E-state index is 12.2. The zero-order chi connectivity index (χ0) is 14.8. The molecule has 3 rings (SSSR count). The van der Waals surface area contributed by atoms with Crippen LogP contribution in [-0.4, -0.2) is 25.2 Å². The minimum Gasteiger partial charge on any atom is -0.345 e. The number of halogens is 1. The summed E-state index contributed by atoms with van der Waals surface area (Å²) in [7, 11) is 1.83. The molecule has 0 spiro atoms. The Bertz CT molecular complexity index is 761. The van der Waals surface area contributed by atoms with Gasteiger partial charge in [0, 0.05) is 23.4 Å². The van der Waals surface area contributed by atoms with Crippen molar-refractivity contribution < 1.29 is 4.79 Å². The zero-order valence-corrected chi connectivity index (χ0v) is 12.8. The number of carbonyl (C=O) groups excluding carboxylic acids is 1. The third-order valence-corrected chi connectivity index (χ3v) is 3.45. The molecular formula is C14H12BrN5O. The Labute approximate surface area is 129 Å². The smallest absolute Gasteiger partial charge is 0.272 e. The summed E-state index contributed by atoms with van der Waals surface area (Å²) < 4.78 is 4.29. The summed E-state index contributed by atoms with van der Waals surface area (Å²) in [6, 6.07) is 9.16. The van der Waals surface area contributed by atoms with Gasteiger partial charge in [-0.05, 0) is 46.3 Å². The molecule has 0 saturated heterocycles. The lowest BCUT2D eigenvalue weighted by atomic mass is 10.2. The van der Waals surface area contributed by atoms with E-state index in [0.29, 0.717) is 5.69 Å². The monoisotopic (exact) mass is 345 g/mol. The minimum atomic E-state index is -0.156. The highest BCUT2D eigenvalue weighted by molar-refractivity contribution is 9.10. The van der Waals surface area contributed by atoms with Crippen molar-refractivity contribution >= 4 is 27.5 Å². The van der Waals surface area contributed by atoms with Crippen molar-refractivity contribution in [2.75, 3.05) is 5.32 Å². The fourth-order valence-electron chi connectivity index (χ4n) is 1.98. The van der Waals surface area contributed by atoms with E-state index in [2.05, 4.69) is 31.3 Å². The summed E-state index contributed by atoms with van der Waals surface area (Å²) in [5.74, 6) is -0.156. The second-order valence-corrected chi connectivity index (χ2v) is 5.41. The number of benzene rings is 1. The summed E-state index contributed by atoms with van der Waals surface area (Å²) in [4.78, 5) is 16.1. The summed E-state index contributed by atoms with van der Waals surface area (Å²) in [6.45, 7) is 0. The van der Waals surface area contributed by atoms with E-state index in [1.54, 1.807) is 21.6 Å². The first-order valence-electron chi connectivity index (χ1n) is 6.22. The van der Waals surface area contributed by atoms with E-state index >= 15 is 0 Å². The molecule has 3 aromatic rings. The first kappa shape index (κ1) is 13.6. The van der Waals surface area contributed by atoms with E-state index in [-0.39, 0.29) is 5.91 Å². The molecule has 106 valence electrons. The molecule has 1 N–H and O–H groups in total. The molecular weight excluding hydrogens is 334 g/mol. The van der Waals surface area contributed by atoms with E-state index in [9.17, 15) is 4.79 Å². The van der Waals surface area contributed by atoms with Crippen LogP contribution in [0.3, 0.4) is 0 Å². The number of amides is 1. The summed E-state index contributed by atoms with van der Waals surface area (Å²) in [5.41, 5.74) is 2.19. The SMILES string of the molecule is Cn1cc(Br)cc1C(=O)Nc1ccc(-n2cncn2)cc1. The molecule has 0 aliphatic carbocycles. The van der Waals surface area contributed by atoms with Crippen molar-refractivity contribution in [1.82, 2.24) is 19.3 Å². The standard InChI is InChI=1S/C14H12BrN5O/c1-19-7-10(15)6-13(19)14(21)18-11-2-4-12(5-3-11)20-9-16-8-17-20/h2-9H,1H3,(H,18,21). The molecule has 1 aromatic carbocycles. The molecule has 6 nitrogen and oxygen atoms in total. The molecule has 0 bridgehead atoms. The molecule has 21 heavy (non-hydrogen) atoms. The fraction of sp³-hybridized carbons (Fsp3) is 0.0714. The minimum absolute atomic E-state index is 0.156. The molecule has 1 amide bonds. The molecule has 2 heterocycles. The summed E-state index contributed by atoms with van der Waals surface area (Å²) >= 11 is 3.35. The number of hydrogen-bond acceptors (Lipinski definition) is 3. The van der Waals surface area contributed by atoms with Gasteiger partial charge < -0.3 is 9.88 Å². The van der Waals surface area contributed by atoms with Crippen LogP contribution in [0.5, 0.6) is 0 Å². The Morgan fingerprint density at radius 2 is 2.05 bits per heavy atom. The van der Waals surface area contributed by atoms with Gasteiger partial charge in [-0.1, -0.05) is 0 Å². The van der Waals surface area contributed by atoms with Gasteiger partial charge in [0.25, 0.3) is 5.91 Å². The van der Waals surface area contributed by atoms with Gasteiger partial charge in [-0.15, -0.1) is 0 Å². The van der Waals surface area contributed by atoms with Crippen molar-refractivity contribution in [2.24, 2.45) is 7.05 Å². The first-order chi connectivity index (χ1) is 10.1. The lowest BCUT2D eigenvalue weighted by molar-refractivity contribution is 0.101. The summed E-state index contributed by atoms with van der Waals surface area (Å²) in [6.07, 6.45) is 4.93. The average Bonchev–Trinajstić information content (AvgIpc) is 3.09. The van der Waals surface area contributed by atoms with E-state index in [0.717, 1.165) is 15.8 Å². The van der Waals surface area contributed by atoms with Crippen molar-refractivity contribution in [1.29, 1.82) is 0 Å². The highest BCUT2D eigenvalue weighted by Crippen LogP contribution is 2.17. The Hall–Kier alpha value is -2.41. The number of aromatic nitrogens is 4. The number of hydrogen-bond donors (Lipinski definition) is 1. The highest BCUT2D eigenvalue weighted by atomic mass is 79.9. The number of anilines is 1. The third-order valence-electron chi connectivity index (χ3n) is 3.01. The molecule has 0 atom stereocenters. The Morgan fingerprint density at radius 1 is 1.29 bits per heavy atom. The lowest BCUT2D eigenvalue weighted by Gasteiger charge is -2.07. The van der Waals surface area contributed by atoms with Crippen LogP contribution in [0.25, 0.3) is 5.69 Å². The van der Waals surface area contributed by atoms with Gasteiger partial charge in [-0.2, -0.15) is 5.10 Å². The maximum Gasteiger partial charge on any atom is 0.272 e. The molecule has 0 aliphatic rings. The third kappa shape index (κ3) is 2.87. The van der Waals surface area contributed by atoms with Crippen LogP contribution in [0, 0.1) is 0 Å². The van der Waals surface area contributed by atoms with Gasteiger partial charge >= 0.3 is 0 Å². The van der Waals surface area contributed by atoms with Crippen molar-refractivity contribution in [3.05, 3.63) is 59.3 Å². The highest BCUT2D eigenvalue weighted by Gasteiger charge is 2.11. The van der Waals surface area contributed by atoms with Crippen LogP contribution < -0.4 is 5.32 Å². The van der Waals surface area contributed by atoms with Crippen LogP contribution in [0.4, 0.5) is 5.69 Å². The molecule has 2 aromatic heterocycles. The van der Waals surface area contributed by atoms with E-state index in [1.165, 1.54) is 6.33 Å². The fourth-order valence-corrected chi connectivity index (χ4v) is 2.51. The van der Waals surface area contributed by atoms with Crippen LogP contribution in [0.1, 0.15) is 10.5 Å². The van der Waals surface area contributed by atoms with Crippen LogP contribution in [0.15, 0.2) is 53.7 Å². The quantitative estimate of drug-likeness (QED) is 0.793. The number of carbonyl (C=O) groups is 1. The molecule has 0 saturated carbocycles. The number of rotatable bonds is 3. The topological polar surface area (TPSA) is 64.7 Å². The summed E-state index contributed by atoms with van der Waals surface area (Å²) in [5, 5.41) is 6.91. The van der Waals surface area contributed by atoms with Gasteiger partial charge in [-0.25, -0.2) is 9.67 Å². The molecule has 0 radical (unpaired) electrons. The molecule has 0 unspecified atom stereocenters. The lowest BCUT2D eigenvalue weighted by Crippen LogP contribution is -2.15. The van der Waals surface area contributed by atoms with Gasteiger partial charge in [0.15, 0.2) is 0 Å². The molecule has 7 heteroatoms. The number of nitrogens with zero attached hydrogens (tertiary/aromatic N) is 4. The number of aryl methyl sites for hydroxylation is 1. The molecule has 0 aliphatic heterocycles. The van der Waals surface area contributed by atoms with Crippen molar-refractivity contribution in [3.63, 3.8) is 0 Å². The number of nitrogens with one attached hydrogen (secondary N) is 1. The van der Waals surface area contributed by atoms with Gasteiger partial charge in [-0.3, -0.25) is 4.79 Å². The zero-order valence-electron chi connectivity index (χ0n) is 11.2. The second kappa shape index (κ2) is 5.53. The first-order valence-corrected chi connectivity index (χ1v) is 7.01. The Balaban J connectivity index is 1.76. The van der Waals surface area contributed by atoms with Gasteiger partial charge in [0.05, 0.1) is 5.69 Å². The van der Waals surface area contributed by atoms with E-state index < -0.39 is 0 Å². The van der Waals surface area contributed by atoms with Crippen LogP contribution in [-0.2, 0) is 7.05 Å². The Kier molecular flexibility index (Phi) is 3.57. The Morgan fingerprint density at radius 3 is 2.62 bits per heavy atom. The van der Waals surface area contributed by atoms with Gasteiger partial charge in [0.2, 0.25) is 0 Å². The van der Waals surface area contributed by atoms with E-state index in [4.69, 9.17) is 0 Å². The van der Waals surface area contributed by atoms with Gasteiger partial charge in [0.1, 0.15) is 18.3 Å². The predicted octanol–water partition coefficient (Wildman–Crippen LogP) is 2.62. The van der Waals surface area contributed by atoms with Crippen molar-refractivity contribution in [2.45, 2.75) is 0 Å².